The van der Waals surface area contributed by atoms with E-state index in [0.29, 0.717) is 0 Å². The third-order valence-electron chi connectivity index (χ3n) is 3.40. The molecule has 1 aromatic carbocycles. The molecule has 1 aliphatic carbocycles. The maximum absolute atomic E-state index is 6.22. The van der Waals surface area contributed by atoms with Crippen molar-refractivity contribution < 1.29 is 4.74 Å². The zero-order valence-corrected chi connectivity index (χ0v) is 10.4. The van der Waals surface area contributed by atoms with Gasteiger partial charge in [0.05, 0.1) is 7.11 Å². The van der Waals surface area contributed by atoms with E-state index in [1.165, 1.54) is 29.5 Å². The van der Waals surface area contributed by atoms with Gasteiger partial charge in [0.1, 0.15) is 5.75 Å². The number of hydrogen-bond donors (Lipinski definition) is 1. The normalized spacial score (nSPS) is 17.2. The summed E-state index contributed by atoms with van der Waals surface area (Å²) in [6.07, 6.45) is 3.86. The molecule has 88 valence electrons. The minimum Gasteiger partial charge on any atom is -0.496 e. The summed E-state index contributed by atoms with van der Waals surface area (Å²) in [5, 5.41) is 0. The lowest BCUT2D eigenvalue weighted by molar-refractivity contribution is 0.408. The molecule has 0 bridgehead atoms. The van der Waals surface area contributed by atoms with Gasteiger partial charge in [-0.25, -0.2) is 0 Å². The largest absolute Gasteiger partial charge is 0.496 e. The van der Waals surface area contributed by atoms with Crippen LogP contribution in [0.4, 0.5) is 0 Å². The van der Waals surface area contributed by atoms with E-state index in [4.69, 9.17) is 10.5 Å². The highest BCUT2D eigenvalue weighted by molar-refractivity contribution is 5.44. The monoisotopic (exact) mass is 219 g/mol. The van der Waals surface area contributed by atoms with E-state index in [-0.39, 0.29) is 6.04 Å². The predicted octanol–water partition coefficient (Wildman–Crippen LogP) is 3.11. The van der Waals surface area contributed by atoms with E-state index < -0.39 is 0 Å². The van der Waals surface area contributed by atoms with Gasteiger partial charge in [0.2, 0.25) is 0 Å². The van der Waals surface area contributed by atoms with E-state index in [2.05, 4.69) is 26.0 Å². The Labute approximate surface area is 97.8 Å². The molecule has 0 saturated heterocycles. The molecular formula is C14H21NO. The number of hydrogen-bond acceptors (Lipinski definition) is 2. The minimum absolute atomic E-state index is 0.191. The van der Waals surface area contributed by atoms with Gasteiger partial charge >= 0.3 is 0 Å². The molecule has 1 fully saturated rings. The van der Waals surface area contributed by atoms with Crippen molar-refractivity contribution >= 4 is 0 Å². The highest BCUT2D eigenvalue weighted by Crippen LogP contribution is 2.37. The van der Waals surface area contributed by atoms with Crippen LogP contribution in [0.1, 0.15) is 42.0 Å². The Kier molecular flexibility index (Phi) is 3.20. The molecule has 2 N–H and O–H groups in total. The fraction of sp³-hybridized carbons (Fsp3) is 0.571. The quantitative estimate of drug-likeness (QED) is 0.844. The van der Waals surface area contributed by atoms with E-state index in [1.807, 2.05) is 0 Å². The van der Waals surface area contributed by atoms with Crippen LogP contribution in [0.25, 0.3) is 0 Å². The van der Waals surface area contributed by atoms with Crippen molar-refractivity contribution in [3.8, 4) is 5.75 Å². The predicted molar refractivity (Wildman–Crippen MR) is 66.7 cm³/mol. The fourth-order valence-corrected chi connectivity index (χ4v) is 2.37. The molecule has 2 rings (SSSR count). The molecule has 0 heterocycles. The van der Waals surface area contributed by atoms with Crippen LogP contribution in [0.3, 0.4) is 0 Å². The van der Waals surface area contributed by atoms with Crippen LogP contribution in [0.5, 0.6) is 5.75 Å². The fourth-order valence-electron chi connectivity index (χ4n) is 2.37. The van der Waals surface area contributed by atoms with Gasteiger partial charge in [-0.3, -0.25) is 0 Å². The molecule has 16 heavy (non-hydrogen) atoms. The molecule has 0 aliphatic heterocycles. The van der Waals surface area contributed by atoms with Crippen LogP contribution in [0, 0.1) is 19.8 Å². The van der Waals surface area contributed by atoms with Gasteiger partial charge in [0.15, 0.2) is 0 Å². The van der Waals surface area contributed by atoms with E-state index in [1.54, 1.807) is 7.11 Å². The number of methoxy groups -OCH3 is 1. The van der Waals surface area contributed by atoms with Crippen molar-refractivity contribution in [2.75, 3.05) is 7.11 Å². The Morgan fingerprint density at radius 3 is 2.31 bits per heavy atom. The number of rotatable bonds is 4. The number of aryl methyl sites for hydroxylation is 2. The summed E-state index contributed by atoms with van der Waals surface area (Å²) < 4.78 is 5.36. The highest BCUT2D eigenvalue weighted by atomic mass is 16.5. The molecule has 2 heteroatoms. The Balaban J connectivity index is 2.20. The third-order valence-corrected chi connectivity index (χ3v) is 3.40. The summed E-state index contributed by atoms with van der Waals surface area (Å²) in [5.74, 6) is 1.86. The summed E-state index contributed by atoms with van der Waals surface area (Å²) in [4.78, 5) is 0. The average Bonchev–Trinajstić information content (AvgIpc) is 3.01. The molecule has 0 unspecified atom stereocenters. The van der Waals surface area contributed by atoms with Crippen molar-refractivity contribution in [2.24, 2.45) is 11.7 Å². The molecule has 1 aliphatic rings. The number of ether oxygens (including phenoxy) is 1. The van der Waals surface area contributed by atoms with E-state index in [9.17, 15) is 0 Å². The summed E-state index contributed by atoms with van der Waals surface area (Å²) in [6.45, 7) is 4.17. The first-order chi connectivity index (χ1) is 7.61. The Bertz CT molecular complexity index is 359. The maximum atomic E-state index is 6.22. The van der Waals surface area contributed by atoms with E-state index >= 15 is 0 Å². The molecule has 0 amide bonds. The number of benzene rings is 1. The van der Waals surface area contributed by atoms with Crippen LogP contribution in [-0.4, -0.2) is 7.11 Å². The first-order valence-corrected chi connectivity index (χ1v) is 6.02. The standard InChI is InChI=1S/C14H21NO/c1-9-6-12(7-10(2)14(9)16-3)13(15)8-11-4-5-11/h6-7,11,13H,4-5,8,15H2,1-3H3/t13-/m0/s1. The molecule has 0 radical (unpaired) electrons. The topological polar surface area (TPSA) is 35.2 Å². The van der Waals surface area contributed by atoms with Gasteiger partial charge in [0.25, 0.3) is 0 Å². The van der Waals surface area contributed by atoms with Crippen molar-refractivity contribution in [3.05, 3.63) is 28.8 Å². The number of nitrogens with two attached hydrogens (primary N) is 1. The minimum atomic E-state index is 0.191. The van der Waals surface area contributed by atoms with Crippen LogP contribution in [0.2, 0.25) is 0 Å². The smallest absolute Gasteiger partial charge is 0.124 e. The molecule has 0 aromatic heterocycles. The van der Waals surface area contributed by atoms with Gasteiger partial charge in [-0.05, 0) is 42.9 Å². The van der Waals surface area contributed by atoms with Gasteiger partial charge < -0.3 is 10.5 Å². The van der Waals surface area contributed by atoms with Crippen molar-refractivity contribution in [2.45, 2.75) is 39.2 Å². The summed E-state index contributed by atoms with van der Waals surface area (Å²) >= 11 is 0. The maximum Gasteiger partial charge on any atom is 0.124 e. The molecular weight excluding hydrogens is 198 g/mol. The van der Waals surface area contributed by atoms with Crippen LogP contribution in [0.15, 0.2) is 12.1 Å². The van der Waals surface area contributed by atoms with E-state index in [0.717, 1.165) is 18.1 Å². The van der Waals surface area contributed by atoms with Crippen LogP contribution < -0.4 is 10.5 Å². The SMILES string of the molecule is COc1c(C)cc([C@@H](N)CC2CC2)cc1C. The van der Waals surface area contributed by atoms with Gasteiger partial charge in [-0.1, -0.05) is 25.0 Å². The average molecular weight is 219 g/mol. The van der Waals surface area contributed by atoms with Crippen molar-refractivity contribution in [3.63, 3.8) is 0 Å². The zero-order valence-electron chi connectivity index (χ0n) is 10.4. The van der Waals surface area contributed by atoms with Crippen LogP contribution >= 0.6 is 0 Å². The lowest BCUT2D eigenvalue weighted by Gasteiger charge is -2.16. The second-order valence-electron chi connectivity index (χ2n) is 4.97. The van der Waals surface area contributed by atoms with Crippen molar-refractivity contribution in [1.82, 2.24) is 0 Å². The second kappa shape index (κ2) is 4.46. The Hall–Kier alpha value is -1.02. The zero-order chi connectivity index (χ0) is 11.7. The van der Waals surface area contributed by atoms with Gasteiger partial charge in [-0.15, -0.1) is 0 Å². The molecule has 0 spiro atoms. The molecule has 1 saturated carbocycles. The molecule has 1 atom stereocenters. The Morgan fingerprint density at radius 1 is 1.31 bits per heavy atom. The Morgan fingerprint density at radius 2 is 1.88 bits per heavy atom. The lowest BCUT2D eigenvalue weighted by atomic mass is 9.97. The lowest BCUT2D eigenvalue weighted by Crippen LogP contribution is -2.11. The van der Waals surface area contributed by atoms with Gasteiger partial charge in [-0.2, -0.15) is 0 Å². The van der Waals surface area contributed by atoms with Gasteiger partial charge in [0, 0.05) is 6.04 Å². The second-order valence-corrected chi connectivity index (χ2v) is 4.97. The third kappa shape index (κ3) is 2.38. The first-order valence-electron chi connectivity index (χ1n) is 6.02. The first kappa shape index (κ1) is 11.5. The summed E-state index contributed by atoms with van der Waals surface area (Å²) in [6, 6.07) is 4.52. The molecule has 1 aromatic rings. The summed E-state index contributed by atoms with van der Waals surface area (Å²) in [7, 11) is 1.72. The van der Waals surface area contributed by atoms with Crippen molar-refractivity contribution in [1.29, 1.82) is 0 Å². The van der Waals surface area contributed by atoms with Crippen LogP contribution in [-0.2, 0) is 0 Å². The summed E-state index contributed by atoms with van der Waals surface area (Å²) in [5.41, 5.74) is 9.84. The highest BCUT2D eigenvalue weighted by Gasteiger charge is 2.24. The molecule has 2 nitrogen and oxygen atoms in total.